The monoisotopic (exact) mass is 383 g/mol. The molecular weight excluding hydrogens is 358 g/mol. The highest BCUT2D eigenvalue weighted by Gasteiger charge is 2.22. The number of amides is 1. The van der Waals surface area contributed by atoms with Gasteiger partial charge in [-0.2, -0.15) is 0 Å². The van der Waals surface area contributed by atoms with Crippen LogP contribution in [0.15, 0.2) is 42.5 Å². The predicted molar refractivity (Wildman–Crippen MR) is 107 cm³/mol. The minimum Gasteiger partial charge on any atom is -0.487 e. The number of nitro benzene ring substituents is 1. The average Bonchev–Trinajstić information content (AvgIpc) is 2.71. The van der Waals surface area contributed by atoms with E-state index < -0.39 is 4.92 Å². The van der Waals surface area contributed by atoms with Crippen LogP contribution in [0.2, 0.25) is 0 Å². The number of hydrogen-bond acceptors (Lipinski definition) is 5. The van der Waals surface area contributed by atoms with Crippen molar-refractivity contribution in [3.05, 3.63) is 69.3 Å². The van der Waals surface area contributed by atoms with E-state index in [2.05, 4.69) is 35.3 Å². The van der Waals surface area contributed by atoms with E-state index >= 15 is 0 Å². The van der Waals surface area contributed by atoms with Gasteiger partial charge >= 0.3 is 5.69 Å². The van der Waals surface area contributed by atoms with E-state index in [9.17, 15) is 14.9 Å². The zero-order chi connectivity index (χ0) is 20.1. The summed E-state index contributed by atoms with van der Waals surface area (Å²) in [5, 5.41) is 14.1. The van der Waals surface area contributed by atoms with E-state index in [-0.39, 0.29) is 28.9 Å². The van der Waals surface area contributed by atoms with Crippen molar-refractivity contribution in [1.29, 1.82) is 0 Å². The second kappa shape index (κ2) is 8.84. The quantitative estimate of drug-likeness (QED) is 0.586. The van der Waals surface area contributed by atoms with Gasteiger partial charge in [0.2, 0.25) is 0 Å². The van der Waals surface area contributed by atoms with Crippen molar-refractivity contribution in [3.8, 4) is 5.75 Å². The van der Waals surface area contributed by atoms with E-state index in [1.165, 1.54) is 23.3 Å². The highest BCUT2D eigenvalue weighted by Crippen LogP contribution is 2.28. The predicted octanol–water partition coefficient (Wildman–Crippen LogP) is 3.17. The van der Waals surface area contributed by atoms with Crippen molar-refractivity contribution in [1.82, 2.24) is 10.2 Å². The number of carbonyl (C=O) groups is 1. The Kier molecular flexibility index (Phi) is 6.26. The maximum absolute atomic E-state index is 12.5. The van der Waals surface area contributed by atoms with Gasteiger partial charge < -0.3 is 10.1 Å². The Bertz CT molecular complexity index is 868. The van der Waals surface area contributed by atoms with Crippen LogP contribution in [-0.2, 0) is 13.0 Å². The summed E-state index contributed by atoms with van der Waals surface area (Å²) in [6.07, 6.45) is 1.000. The minimum atomic E-state index is -0.532. The lowest BCUT2D eigenvalue weighted by molar-refractivity contribution is -0.385. The van der Waals surface area contributed by atoms with Gasteiger partial charge in [0.25, 0.3) is 5.91 Å². The number of nitrogens with one attached hydrogen (secondary N) is 1. The van der Waals surface area contributed by atoms with Gasteiger partial charge in [0.15, 0.2) is 5.75 Å². The molecule has 2 aromatic carbocycles. The molecule has 28 heavy (non-hydrogen) atoms. The molecule has 3 rings (SSSR count). The number of nitrogens with zero attached hydrogens (tertiary/aromatic N) is 2. The standard InChI is InChI=1S/C21H25N3O4/c1-3-28-20-9-8-17(12-19(20)24(26)27)21(25)22-13-15(2)23-11-10-16-6-4-5-7-18(16)14-23/h4-9,12,15H,3,10-11,13-14H2,1-2H3,(H,22,25). The fourth-order valence-electron chi connectivity index (χ4n) is 3.44. The maximum atomic E-state index is 12.5. The summed E-state index contributed by atoms with van der Waals surface area (Å²) in [5.41, 5.74) is 2.77. The number of hydrogen-bond donors (Lipinski definition) is 1. The summed E-state index contributed by atoms with van der Waals surface area (Å²) in [6, 6.07) is 12.9. The van der Waals surface area contributed by atoms with Gasteiger partial charge in [-0.05, 0) is 43.5 Å². The van der Waals surface area contributed by atoms with Gasteiger partial charge in [0.05, 0.1) is 11.5 Å². The number of carbonyl (C=O) groups excluding carboxylic acids is 1. The molecule has 7 nitrogen and oxygen atoms in total. The van der Waals surface area contributed by atoms with Gasteiger partial charge in [0, 0.05) is 37.3 Å². The highest BCUT2D eigenvalue weighted by atomic mass is 16.6. The normalized spacial score (nSPS) is 14.8. The molecule has 148 valence electrons. The topological polar surface area (TPSA) is 84.7 Å². The molecule has 1 atom stereocenters. The van der Waals surface area contributed by atoms with Crippen molar-refractivity contribution in [2.45, 2.75) is 32.9 Å². The minimum absolute atomic E-state index is 0.162. The fourth-order valence-corrected chi connectivity index (χ4v) is 3.44. The Morgan fingerprint density at radius 3 is 2.75 bits per heavy atom. The number of rotatable bonds is 7. The maximum Gasteiger partial charge on any atom is 0.311 e. The number of ether oxygens (including phenoxy) is 1. The van der Waals surface area contributed by atoms with Crippen molar-refractivity contribution in [3.63, 3.8) is 0 Å². The summed E-state index contributed by atoms with van der Waals surface area (Å²) in [5.74, 6) is -0.153. The molecule has 2 aromatic rings. The Morgan fingerprint density at radius 1 is 1.29 bits per heavy atom. The molecule has 0 radical (unpaired) electrons. The zero-order valence-corrected chi connectivity index (χ0v) is 16.2. The first-order chi connectivity index (χ1) is 13.5. The van der Waals surface area contributed by atoms with E-state index in [4.69, 9.17) is 4.74 Å². The summed E-state index contributed by atoms with van der Waals surface area (Å²) >= 11 is 0. The number of fused-ring (bicyclic) bond motifs is 1. The van der Waals surface area contributed by atoms with Crippen LogP contribution in [-0.4, -0.2) is 41.5 Å². The molecule has 0 saturated heterocycles. The molecule has 0 spiro atoms. The second-order valence-electron chi connectivity index (χ2n) is 6.92. The van der Waals surface area contributed by atoms with Crippen LogP contribution >= 0.6 is 0 Å². The number of benzene rings is 2. The van der Waals surface area contributed by atoms with E-state index in [0.717, 1.165) is 19.5 Å². The van der Waals surface area contributed by atoms with E-state index in [0.29, 0.717) is 13.2 Å². The van der Waals surface area contributed by atoms with Crippen LogP contribution in [0.3, 0.4) is 0 Å². The van der Waals surface area contributed by atoms with Gasteiger partial charge in [-0.3, -0.25) is 19.8 Å². The SMILES string of the molecule is CCOc1ccc(C(=O)NCC(C)N2CCc3ccccc3C2)cc1[N+](=O)[O-]. The molecule has 1 amide bonds. The molecule has 0 saturated carbocycles. The van der Waals surface area contributed by atoms with Gasteiger partial charge in [-0.1, -0.05) is 24.3 Å². The lowest BCUT2D eigenvalue weighted by atomic mass is 9.99. The number of nitro groups is 1. The van der Waals surface area contributed by atoms with Crippen molar-refractivity contribution < 1.29 is 14.5 Å². The van der Waals surface area contributed by atoms with Crippen molar-refractivity contribution in [2.75, 3.05) is 19.7 Å². The molecule has 1 heterocycles. The van der Waals surface area contributed by atoms with Gasteiger partial charge in [-0.15, -0.1) is 0 Å². The molecule has 0 aromatic heterocycles. The Morgan fingerprint density at radius 2 is 2.04 bits per heavy atom. The Hall–Kier alpha value is -2.93. The summed E-state index contributed by atoms with van der Waals surface area (Å²) < 4.78 is 5.26. The molecule has 1 N–H and O–H groups in total. The summed E-state index contributed by atoms with van der Waals surface area (Å²) in [7, 11) is 0. The first-order valence-corrected chi connectivity index (χ1v) is 9.50. The van der Waals surface area contributed by atoms with Crippen LogP contribution in [0.25, 0.3) is 0 Å². The van der Waals surface area contributed by atoms with Crippen LogP contribution in [0.4, 0.5) is 5.69 Å². The molecule has 1 unspecified atom stereocenters. The first kappa shape index (κ1) is 19.8. The van der Waals surface area contributed by atoms with E-state index in [1.54, 1.807) is 13.0 Å². The molecule has 0 aliphatic carbocycles. The lowest BCUT2D eigenvalue weighted by Crippen LogP contribution is -2.44. The van der Waals surface area contributed by atoms with E-state index in [1.807, 2.05) is 6.07 Å². The van der Waals surface area contributed by atoms with Crippen LogP contribution < -0.4 is 10.1 Å². The lowest BCUT2D eigenvalue weighted by Gasteiger charge is -2.33. The molecule has 0 fully saturated rings. The molecule has 1 aliphatic rings. The summed E-state index contributed by atoms with van der Waals surface area (Å²) in [6.45, 7) is 6.44. The Balaban J connectivity index is 1.61. The smallest absolute Gasteiger partial charge is 0.311 e. The highest BCUT2D eigenvalue weighted by molar-refractivity contribution is 5.95. The fraction of sp³-hybridized carbons (Fsp3) is 0.381. The van der Waals surface area contributed by atoms with Gasteiger partial charge in [-0.25, -0.2) is 0 Å². The average molecular weight is 383 g/mol. The van der Waals surface area contributed by atoms with Crippen LogP contribution in [0, 0.1) is 10.1 Å². The van der Waals surface area contributed by atoms with Crippen molar-refractivity contribution in [2.24, 2.45) is 0 Å². The first-order valence-electron chi connectivity index (χ1n) is 9.50. The van der Waals surface area contributed by atoms with Crippen LogP contribution in [0.5, 0.6) is 5.75 Å². The third-order valence-electron chi connectivity index (χ3n) is 5.06. The molecule has 0 bridgehead atoms. The molecule has 7 heteroatoms. The van der Waals surface area contributed by atoms with Crippen molar-refractivity contribution >= 4 is 11.6 Å². The molecule has 1 aliphatic heterocycles. The Labute approximate surface area is 164 Å². The third-order valence-corrected chi connectivity index (χ3v) is 5.06. The molecular formula is C21H25N3O4. The zero-order valence-electron chi connectivity index (χ0n) is 16.2. The summed E-state index contributed by atoms with van der Waals surface area (Å²) in [4.78, 5) is 25.5. The third kappa shape index (κ3) is 4.48. The van der Waals surface area contributed by atoms with Gasteiger partial charge in [0.1, 0.15) is 0 Å². The van der Waals surface area contributed by atoms with Crippen LogP contribution in [0.1, 0.15) is 35.3 Å². The largest absolute Gasteiger partial charge is 0.487 e. The second-order valence-corrected chi connectivity index (χ2v) is 6.92.